The third kappa shape index (κ3) is 30.4. The fourth-order valence-electron chi connectivity index (χ4n) is 6.63. The Morgan fingerprint density at radius 3 is 1.46 bits per heavy atom. The molecule has 0 aromatic carbocycles. The average Bonchev–Trinajstić information content (AvgIpc) is 3.46. The minimum Gasteiger partial charge on any atom is -0.463 e. The SMILES string of the molecule is CCCCC/C=C\C/C=C\CCCCCCCCOC1[C@H](O)O[C@H](COC(=O)CCCN(C)C)[C@@H]1OCCCCCCCC/C=C\C/C=C\CCCCC. The van der Waals surface area contributed by atoms with Gasteiger partial charge in [-0.1, -0.05) is 140 Å². The van der Waals surface area contributed by atoms with Crippen LogP contribution in [0.1, 0.15) is 181 Å². The van der Waals surface area contributed by atoms with Crippen LogP contribution in [0.25, 0.3) is 0 Å². The van der Waals surface area contributed by atoms with Crippen molar-refractivity contribution >= 4 is 5.97 Å². The molecule has 314 valence electrons. The van der Waals surface area contributed by atoms with Crippen LogP contribution in [-0.4, -0.2) is 81.0 Å². The molecule has 0 radical (unpaired) electrons. The van der Waals surface area contributed by atoms with Crippen molar-refractivity contribution < 1.29 is 28.8 Å². The van der Waals surface area contributed by atoms with E-state index in [1.54, 1.807) is 0 Å². The predicted molar refractivity (Wildman–Crippen MR) is 228 cm³/mol. The highest BCUT2D eigenvalue weighted by molar-refractivity contribution is 5.69. The Bertz CT molecular complexity index is 947. The van der Waals surface area contributed by atoms with Crippen molar-refractivity contribution in [1.29, 1.82) is 0 Å². The summed E-state index contributed by atoms with van der Waals surface area (Å²) in [6, 6.07) is 0. The molecule has 1 N–H and O–H groups in total. The number of carbonyl (C=O) groups is 1. The van der Waals surface area contributed by atoms with E-state index in [2.05, 4.69) is 67.4 Å². The molecule has 0 aliphatic carbocycles. The molecule has 0 aromatic rings. The summed E-state index contributed by atoms with van der Waals surface area (Å²) >= 11 is 0. The molecule has 0 saturated carbocycles. The zero-order valence-electron chi connectivity index (χ0n) is 35.6. The highest BCUT2D eigenvalue weighted by Gasteiger charge is 2.46. The summed E-state index contributed by atoms with van der Waals surface area (Å²) in [7, 11) is 3.98. The molecule has 0 amide bonds. The Kier molecular flexibility index (Phi) is 35.5. The van der Waals surface area contributed by atoms with Gasteiger partial charge in [0.25, 0.3) is 0 Å². The first kappa shape index (κ1) is 50.2. The van der Waals surface area contributed by atoms with Gasteiger partial charge in [0.2, 0.25) is 0 Å². The number of rotatable bonds is 38. The van der Waals surface area contributed by atoms with Gasteiger partial charge in [0, 0.05) is 19.6 Å². The van der Waals surface area contributed by atoms with Crippen LogP contribution in [0.4, 0.5) is 0 Å². The molecule has 7 heteroatoms. The highest BCUT2D eigenvalue weighted by atomic mass is 16.7. The molecule has 1 saturated heterocycles. The number of ether oxygens (including phenoxy) is 4. The molecule has 1 aliphatic rings. The standard InChI is InChI=1S/C47H85NO6/c1-5-7-9-11-13-15-17-19-21-23-25-27-29-31-33-35-40-51-45-43(42-53-44(49)38-37-39-48(3)4)54-47(50)46(45)52-41-36-34-32-30-28-26-24-22-20-18-16-14-12-10-8-6-2/h13-16,19-22,43,45-47,50H,5-12,17-18,23-42H2,1-4H3/b15-13-,16-14-,21-19-,22-20-/t43-,45+,46?,47-/m1/s1. The van der Waals surface area contributed by atoms with E-state index in [1.807, 2.05) is 14.1 Å². The molecule has 1 heterocycles. The Labute approximate surface area is 333 Å². The number of nitrogens with zero attached hydrogens (tertiary/aromatic N) is 1. The summed E-state index contributed by atoms with van der Waals surface area (Å²) in [5.41, 5.74) is 0. The minimum absolute atomic E-state index is 0.0665. The Morgan fingerprint density at radius 1 is 0.574 bits per heavy atom. The predicted octanol–water partition coefficient (Wildman–Crippen LogP) is 12.0. The summed E-state index contributed by atoms with van der Waals surface area (Å²) in [6.07, 6.45) is 45.6. The second-order valence-corrected chi connectivity index (χ2v) is 15.5. The van der Waals surface area contributed by atoms with Crippen LogP contribution in [0.2, 0.25) is 0 Å². The summed E-state index contributed by atoms with van der Waals surface area (Å²) in [4.78, 5) is 14.4. The highest BCUT2D eigenvalue weighted by Crippen LogP contribution is 2.27. The van der Waals surface area contributed by atoms with Gasteiger partial charge in [-0.05, 0) is 104 Å². The Balaban J connectivity index is 2.31. The summed E-state index contributed by atoms with van der Waals surface area (Å²) in [5, 5.41) is 10.8. The molecule has 1 rings (SSSR count). The molecule has 1 unspecified atom stereocenters. The van der Waals surface area contributed by atoms with Crippen molar-refractivity contribution in [2.45, 2.75) is 205 Å². The first-order chi connectivity index (χ1) is 26.5. The number of hydrogen-bond acceptors (Lipinski definition) is 7. The van der Waals surface area contributed by atoms with E-state index < -0.39 is 24.6 Å². The molecule has 1 aliphatic heterocycles. The monoisotopic (exact) mass is 760 g/mol. The fourth-order valence-corrected chi connectivity index (χ4v) is 6.63. The number of esters is 1. The number of aliphatic hydroxyl groups excluding tert-OH is 1. The van der Waals surface area contributed by atoms with E-state index in [1.165, 1.54) is 103 Å². The van der Waals surface area contributed by atoms with Gasteiger partial charge in [0.15, 0.2) is 6.29 Å². The van der Waals surface area contributed by atoms with Crippen molar-refractivity contribution in [2.24, 2.45) is 0 Å². The van der Waals surface area contributed by atoms with Crippen molar-refractivity contribution in [3.8, 4) is 0 Å². The van der Waals surface area contributed by atoms with Crippen molar-refractivity contribution in [3.05, 3.63) is 48.6 Å². The lowest BCUT2D eigenvalue weighted by Gasteiger charge is -2.24. The number of carbonyl (C=O) groups excluding carboxylic acids is 1. The van der Waals surface area contributed by atoms with Gasteiger partial charge in [-0.2, -0.15) is 0 Å². The lowest BCUT2D eigenvalue weighted by atomic mass is 10.1. The number of unbranched alkanes of at least 4 members (excludes halogenated alkanes) is 18. The third-order valence-corrected chi connectivity index (χ3v) is 9.99. The van der Waals surface area contributed by atoms with Crippen molar-refractivity contribution in [2.75, 3.05) is 40.5 Å². The van der Waals surface area contributed by atoms with Crippen LogP contribution in [0.15, 0.2) is 48.6 Å². The number of hydrogen-bond donors (Lipinski definition) is 1. The van der Waals surface area contributed by atoms with Crippen molar-refractivity contribution in [3.63, 3.8) is 0 Å². The van der Waals surface area contributed by atoms with E-state index in [-0.39, 0.29) is 12.6 Å². The average molecular weight is 760 g/mol. The zero-order valence-corrected chi connectivity index (χ0v) is 35.6. The van der Waals surface area contributed by atoms with E-state index >= 15 is 0 Å². The maximum atomic E-state index is 12.4. The van der Waals surface area contributed by atoms with Crippen LogP contribution in [-0.2, 0) is 23.7 Å². The summed E-state index contributed by atoms with van der Waals surface area (Å²) < 4.78 is 23.9. The Hall–Kier alpha value is -1.77. The molecule has 7 nitrogen and oxygen atoms in total. The van der Waals surface area contributed by atoms with Gasteiger partial charge < -0.3 is 29.0 Å². The molecule has 0 spiro atoms. The largest absolute Gasteiger partial charge is 0.463 e. The smallest absolute Gasteiger partial charge is 0.305 e. The van der Waals surface area contributed by atoms with Gasteiger partial charge in [0.1, 0.15) is 24.9 Å². The first-order valence-electron chi connectivity index (χ1n) is 22.5. The van der Waals surface area contributed by atoms with Crippen LogP contribution in [0.5, 0.6) is 0 Å². The molecular formula is C47H85NO6. The topological polar surface area (TPSA) is 77.5 Å². The molecule has 0 bridgehead atoms. The fraction of sp³-hybridized carbons (Fsp3) is 0.809. The number of aliphatic hydroxyl groups is 1. The van der Waals surface area contributed by atoms with Crippen LogP contribution < -0.4 is 0 Å². The van der Waals surface area contributed by atoms with Crippen LogP contribution >= 0.6 is 0 Å². The van der Waals surface area contributed by atoms with E-state index in [4.69, 9.17) is 18.9 Å². The molecule has 4 atom stereocenters. The van der Waals surface area contributed by atoms with Crippen LogP contribution in [0.3, 0.4) is 0 Å². The number of allylic oxidation sites excluding steroid dienone is 8. The lowest BCUT2D eigenvalue weighted by molar-refractivity contribution is -0.161. The molecular weight excluding hydrogens is 675 g/mol. The first-order valence-corrected chi connectivity index (χ1v) is 22.5. The maximum absolute atomic E-state index is 12.4. The second-order valence-electron chi connectivity index (χ2n) is 15.5. The Morgan fingerprint density at radius 2 is 1.00 bits per heavy atom. The summed E-state index contributed by atoms with van der Waals surface area (Å²) in [5.74, 6) is -0.246. The van der Waals surface area contributed by atoms with Gasteiger partial charge in [0.05, 0.1) is 0 Å². The minimum atomic E-state index is -1.09. The normalized spacial score (nSPS) is 19.2. The molecule has 1 fully saturated rings. The molecule has 54 heavy (non-hydrogen) atoms. The van der Waals surface area contributed by atoms with E-state index in [9.17, 15) is 9.90 Å². The lowest BCUT2D eigenvalue weighted by Crippen LogP contribution is -2.40. The van der Waals surface area contributed by atoms with Gasteiger partial charge >= 0.3 is 5.97 Å². The maximum Gasteiger partial charge on any atom is 0.305 e. The van der Waals surface area contributed by atoms with E-state index in [0.717, 1.165) is 64.3 Å². The molecule has 0 aromatic heterocycles. The second kappa shape index (κ2) is 38.1. The summed E-state index contributed by atoms with van der Waals surface area (Å²) in [6.45, 7) is 6.53. The zero-order chi connectivity index (χ0) is 39.2. The van der Waals surface area contributed by atoms with Crippen LogP contribution in [0, 0.1) is 0 Å². The van der Waals surface area contributed by atoms with Gasteiger partial charge in [-0.3, -0.25) is 4.79 Å². The quantitative estimate of drug-likeness (QED) is 0.0381. The third-order valence-electron chi connectivity index (χ3n) is 9.99. The van der Waals surface area contributed by atoms with Crippen molar-refractivity contribution in [1.82, 2.24) is 4.90 Å². The van der Waals surface area contributed by atoms with Gasteiger partial charge in [-0.15, -0.1) is 0 Å². The van der Waals surface area contributed by atoms with E-state index in [0.29, 0.717) is 19.6 Å². The van der Waals surface area contributed by atoms with Gasteiger partial charge in [-0.25, -0.2) is 0 Å².